The average Bonchev–Trinajstić information content (AvgIpc) is 3.38. The van der Waals surface area contributed by atoms with Gasteiger partial charge in [0.05, 0.1) is 5.56 Å². The van der Waals surface area contributed by atoms with Crippen LogP contribution < -0.4 is 16.0 Å². The molecule has 3 N–H and O–H groups in total. The maximum absolute atomic E-state index is 12.8. The summed E-state index contributed by atoms with van der Waals surface area (Å²) in [5, 5.41) is 9.07. The molecule has 2 aromatic carbocycles. The first-order valence-corrected chi connectivity index (χ1v) is 8.38. The molecule has 1 fully saturated rings. The van der Waals surface area contributed by atoms with Crippen molar-refractivity contribution in [3.63, 3.8) is 0 Å². The Morgan fingerprint density at radius 1 is 1.00 bits per heavy atom. The van der Waals surface area contributed by atoms with E-state index in [1.54, 1.807) is 24.3 Å². The van der Waals surface area contributed by atoms with E-state index in [-0.39, 0.29) is 5.69 Å². The zero-order valence-electron chi connectivity index (χ0n) is 13.6. The van der Waals surface area contributed by atoms with Crippen molar-refractivity contribution < 1.29 is 18.0 Å². The fourth-order valence-electron chi connectivity index (χ4n) is 2.29. The number of rotatable bonds is 4. The largest absolute Gasteiger partial charge is 0.416 e. The van der Waals surface area contributed by atoms with Crippen LogP contribution in [0.25, 0.3) is 0 Å². The number of amides is 1. The van der Waals surface area contributed by atoms with Crippen molar-refractivity contribution in [3.05, 3.63) is 59.7 Å². The summed E-state index contributed by atoms with van der Waals surface area (Å²) < 4.78 is 38.3. The van der Waals surface area contributed by atoms with Crippen molar-refractivity contribution in [1.29, 1.82) is 0 Å². The summed E-state index contributed by atoms with van der Waals surface area (Å²) in [6.45, 7) is 0. The van der Waals surface area contributed by atoms with Gasteiger partial charge in [-0.05, 0) is 61.5 Å². The van der Waals surface area contributed by atoms with Gasteiger partial charge in [0.25, 0.3) is 5.91 Å². The highest BCUT2D eigenvalue weighted by atomic mass is 32.1. The van der Waals surface area contributed by atoms with Gasteiger partial charge in [-0.1, -0.05) is 12.1 Å². The molecule has 0 bridgehead atoms. The lowest BCUT2D eigenvalue weighted by Crippen LogP contribution is -2.30. The molecule has 1 saturated carbocycles. The highest BCUT2D eigenvalue weighted by Gasteiger charge is 2.30. The van der Waals surface area contributed by atoms with Gasteiger partial charge in [-0.15, -0.1) is 0 Å². The fourth-order valence-corrected chi connectivity index (χ4v) is 2.58. The van der Waals surface area contributed by atoms with Gasteiger partial charge >= 0.3 is 6.18 Å². The molecule has 8 heteroatoms. The van der Waals surface area contributed by atoms with Crippen molar-refractivity contribution >= 4 is 34.6 Å². The van der Waals surface area contributed by atoms with Crippen LogP contribution >= 0.6 is 12.2 Å². The molecule has 4 nitrogen and oxygen atoms in total. The number of nitrogens with one attached hydrogen (secondary N) is 3. The Bertz CT molecular complexity index is 834. The maximum Gasteiger partial charge on any atom is 0.416 e. The highest BCUT2D eigenvalue weighted by Crippen LogP contribution is 2.30. The van der Waals surface area contributed by atoms with E-state index in [4.69, 9.17) is 12.2 Å². The molecule has 0 aliphatic heterocycles. The molecule has 0 aromatic heterocycles. The van der Waals surface area contributed by atoms with Crippen LogP contribution in [0.4, 0.5) is 24.5 Å². The molecule has 0 atom stereocenters. The first kappa shape index (κ1) is 18.2. The van der Waals surface area contributed by atoms with Crippen LogP contribution in [0, 0.1) is 0 Å². The van der Waals surface area contributed by atoms with Crippen LogP contribution in [0.1, 0.15) is 28.8 Å². The summed E-state index contributed by atoms with van der Waals surface area (Å²) in [7, 11) is 0. The lowest BCUT2D eigenvalue weighted by atomic mass is 10.1. The van der Waals surface area contributed by atoms with Crippen LogP contribution in [0.5, 0.6) is 0 Å². The molecule has 1 aliphatic rings. The van der Waals surface area contributed by atoms with Gasteiger partial charge in [0.2, 0.25) is 0 Å². The molecule has 1 aliphatic carbocycles. The number of halogens is 3. The van der Waals surface area contributed by atoms with Gasteiger partial charge < -0.3 is 16.0 Å². The summed E-state index contributed by atoms with van der Waals surface area (Å²) in [4.78, 5) is 12.3. The second-order valence-corrected chi connectivity index (χ2v) is 6.39. The summed E-state index contributed by atoms with van der Waals surface area (Å²) in [5.74, 6) is -0.506. The summed E-state index contributed by atoms with van der Waals surface area (Å²) in [5.41, 5.74) is 0.192. The first-order valence-electron chi connectivity index (χ1n) is 7.97. The summed E-state index contributed by atoms with van der Waals surface area (Å²) in [6, 6.07) is 11.5. The third-order valence-corrected chi connectivity index (χ3v) is 3.96. The second-order valence-electron chi connectivity index (χ2n) is 5.99. The molecule has 0 saturated heterocycles. The van der Waals surface area contributed by atoms with Gasteiger partial charge in [0.15, 0.2) is 5.11 Å². The smallest absolute Gasteiger partial charge is 0.360 e. The van der Waals surface area contributed by atoms with Crippen molar-refractivity contribution in [2.45, 2.75) is 25.1 Å². The number of carbonyl (C=O) groups is 1. The predicted molar refractivity (Wildman–Crippen MR) is 98.2 cm³/mol. The van der Waals surface area contributed by atoms with E-state index in [9.17, 15) is 18.0 Å². The van der Waals surface area contributed by atoms with Crippen LogP contribution in [0.15, 0.2) is 48.5 Å². The van der Waals surface area contributed by atoms with Crippen LogP contribution in [-0.2, 0) is 6.18 Å². The minimum atomic E-state index is -4.46. The molecular weight excluding hydrogens is 363 g/mol. The predicted octanol–water partition coefficient (Wildman–Crippen LogP) is 4.41. The third kappa shape index (κ3) is 4.95. The number of anilines is 2. The Morgan fingerprint density at radius 3 is 2.31 bits per heavy atom. The lowest BCUT2D eigenvalue weighted by molar-refractivity contribution is -0.137. The van der Waals surface area contributed by atoms with Crippen LogP contribution in [0.2, 0.25) is 0 Å². The van der Waals surface area contributed by atoms with Gasteiger partial charge in [-0.3, -0.25) is 4.79 Å². The quantitative estimate of drug-likeness (QED) is 0.689. The Labute approximate surface area is 153 Å². The van der Waals surface area contributed by atoms with Crippen molar-refractivity contribution in [1.82, 2.24) is 5.32 Å². The fraction of sp³-hybridized carbons (Fsp3) is 0.222. The zero-order chi connectivity index (χ0) is 18.7. The third-order valence-electron chi connectivity index (χ3n) is 3.74. The molecule has 0 spiro atoms. The molecular formula is C18H16F3N3OS. The van der Waals surface area contributed by atoms with E-state index in [0.717, 1.165) is 25.0 Å². The summed E-state index contributed by atoms with van der Waals surface area (Å²) >= 11 is 5.19. The van der Waals surface area contributed by atoms with E-state index in [0.29, 0.717) is 22.4 Å². The number of carbonyl (C=O) groups excluding carboxylic acids is 1. The molecule has 0 heterocycles. The molecule has 3 rings (SSSR count). The number of hydrogen-bond donors (Lipinski definition) is 3. The number of thiocarbonyl (C=S) groups is 1. The lowest BCUT2D eigenvalue weighted by Gasteiger charge is -2.12. The summed E-state index contributed by atoms with van der Waals surface area (Å²) in [6.07, 6.45) is -2.29. The van der Waals surface area contributed by atoms with Crippen molar-refractivity contribution in [3.8, 4) is 0 Å². The second kappa shape index (κ2) is 7.33. The zero-order valence-corrected chi connectivity index (χ0v) is 14.4. The van der Waals surface area contributed by atoms with E-state index >= 15 is 0 Å². The molecule has 1 amide bonds. The van der Waals surface area contributed by atoms with Crippen molar-refractivity contribution in [2.24, 2.45) is 0 Å². The van der Waals surface area contributed by atoms with E-state index in [2.05, 4.69) is 16.0 Å². The van der Waals surface area contributed by atoms with E-state index in [1.165, 1.54) is 12.1 Å². The standard InChI is InChI=1S/C18H16F3N3OS/c19-18(20,21)12-4-2-6-15(10-12)22-16(25)11-3-1-5-14(9-11)24-17(26)23-13-7-8-13/h1-6,9-10,13H,7-8H2,(H,22,25)(H2,23,24,26). The van der Waals surface area contributed by atoms with Crippen LogP contribution in [-0.4, -0.2) is 17.1 Å². The van der Waals surface area contributed by atoms with Gasteiger partial charge in [-0.25, -0.2) is 0 Å². The number of benzene rings is 2. The number of alkyl halides is 3. The molecule has 0 radical (unpaired) electrons. The van der Waals surface area contributed by atoms with Crippen molar-refractivity contribution in [2.75, 3.05) is 10.6 Å². The molecule has 136 valence electrons. The van der Waals surface area contributed by atoms with Gasteiger partial charge in [-0.2, -0.15) is 13.2 Å². The van der Waals surface area contributed by atoms with Gasteiger partial charge in [0.1, 0.15) is 0 Å². The minimum absolute atomic E-state index is 0.0779. The highest BCUT2D eigenvalue weighted by molar-refractivity contribution is 7.80. The monoisotopic (exact) mass is 379 g/mol. The molecule has 26 heavy (non-hydrogen) atoms. The Kier molecular flexibility index (Phi) is 5.13. The number of hydrogen-bond acceptors (Lipinski definition) is 2. The van der Waals surface area contributed by atoms with Gasteiger partial charge in [0, 0.05) is 23.0 Å². The SMILES string of the molecule is O=C(Nc1cccc(C(F)(F)F)c1)c1cccc(NC(=S)NC2CC2)c1. The topological polar surface area (TPSA) is 53.2 Å². The van der Waals surface area contributed by atoms with E-state index < -0.39 is 17.6 Å². The van der Waals surface area contributed by atoms with Crippen LogP contribution in [0.3, 0.4) is 0 Å². The maximum atomic E-state index is 12.8. The van der Waals surface area contributed by atoms with E-state index in [1.807, 2.05) is 0 Å². The molecule has 2 aromatic rings. The molecule has 0 unspecified atom stereocenters. The first-order chi connectivity index (χ1) is 12.3. The Morgan fingerprint density at radius 2 is 1.65 bits per heavy atom. The minimum Gasteiger partial charge on any atom is -0.360 e. The Hall–Kier alpha value is -2.61. The normalized spacial score (nSPS) is 13.8. The Balaban J connectivity index is 1.68. The average molecular weight is 379 g/mol.